The second kappa shape index (κ2) is 6.16. The minimum Gasteiger partial charge on any atom is -0.493 e. The number of fused-ring (bicyclic) bond motifs is 1. The Balaban J connectivity index is 1.57. The Kier molecular flexibility index (Phi) is 4.08. The zero-order valence-electron chi connectivity index (χ0n) is 12.0. The first-order valence-corrected chi connectivity index (χ1v) is 7.52. The van der Waals surface area contributed by atoms with E-state index in [2.05, 4.69) is 10.5 Å². The number of aryl methyl sites for hydroxylation is 1. The molecular formula is C16H20N2O3. The second-order valence-corrected chi connectivity index (χ2v) is 5.66. The van der Waals surface area contributed by atoms with Crippen molar-refractivity contribution in [2.45, 2.75) is 44.6 Å². The Bertz CT molecular complexity index is 565. The number of amides is 1. The van der Waals surface area contributed by atoms with E-state index in [1.807, 2.05) is 18.2 Å². The van der Waals surface area contributed by atoms with E-state index in [1.54, 1.807) is 0 Å². The molecule has 5 heteroatoms. The molecule has 1 amide bonds. The van der Waals surface area contributed by atoms with Crippen LogP contribution in [0.25, 0.3) is 0 Å². The van der Waals surface area contributed by atoms with Crippen LogP contribution in [0.1, 0.15) is 43.2 Å². The maximum absolute atomic E-state index is 11.6. The summed E-state index contributed by atoms with van der Waals surface area (Å²) in [5, 5.41) is 15.4. The van der Waals surface area contributed by atoms with Gasteiger partial charge in [-0.25, -0.2) is 0 Å². The highest BCUT2D eigenvalue weighted by Gasteiger charge is 2.23. The molecule has 2 aliphatic rings. The number of benzene rings is 1. The number of carbonyl (C=O) groups excluding carboxylic acids is 1. The first kappa shape index (κ1) is 13.9. The molecule has 0 atom stereocenters. The standard InChI is InChI=1S/C16H20N2O3/c19-16(17-12-5-6-12)8-9-21-13-7-4-11-2-1-3-15(18-20)14(11)10-13/h4,7,10,12,20H,1-3,5-6,8-9H2,(H,17,19)/b18-15-. The van der Waals surface area contributed by atoms with Gasteiger partial charge < -0.3 is 15.3 Å². The van der Waals surface area contributed by atoms with Crippen molar-refractivity contribution in [2.24, 2.45) is 5.16 Å². The number of oxime groups is 1. The molecule has 0 saturated heterocycles. The maximum Gasteiger partial charge on any atom is 0.223 e. The van der Waals surface area contributed by atoms with E-state index in [1.165, 1.54) is 5.56 Å². The average molecular weight is 288 g/mol. The van der Waals surface area contributed by atoms with Crippen molar-refractivity contribution in [1.82, 2.24) is 5.32 Å². The van der Waals surface area contributed by atoms with E-state index in [0.717, 1.165) is 43.4 Å². The van der Waals surface area contributed by atoms with Crippen molar-refractivity contribution in [3.05, 3.63) is 29.3 Å². The van der Waals surface area contributed by atoms with Gasteiger partial charge in [0, 0.05) is 11.6 Å². The molecule has 0 unspecified atom stereocenters. The van der Waals surface area contributed by atoms with Crippen LogP contribution >= 0.6 is 0 Å². The van der Waals surface area contributed by atoms with Crippen LogP contribution in [0, 0.1) is 0 Å². The molecule has 3 rings (SSSR count). The highest BCUT2D eigenvalue weighted by molar-refractivity contribution is 6.02. The van der Waals surface area contributed by atoms with E-state index >= 15 is 0 Å². The van der Waals surface area contributed by atoms with Gasteiger partial charge in [0.2, 0.25) is 5.91 Å². The highest BCUT2D eigenvalue weighted by atomic mass is 16.5. The molecule has 1 fully saturated rings. The highest BCUT2D eigenvalue weighted by Crippen LogP contribution is 2.26. The maximum atomic E-state index is 11.6. The summed E-state index contributed by atoms with van der Waals surface area (Å²) in [6, 6.07) is 6.23. The van der Waals surface area contributed by atoms with Crippen LogP contribution in [0.2, 0.25) is 0 Å². The molecule has 0 aliphatic heterocycles. The van der Waals surface area contributed by atoms with Gasteiger partial charge in [-0.1, -0.05) is 11.2 Å². The van der Waals surface area contributed by atoms with Crippen molar-refractivity contribution in [2.75, 3.05) is 6.61 Å². The SMILES string of the molecule is O=C(CCOc1ccc2c(c1)/C(=N\O)CCC2)NC1CC1. The Morgan fingerprint density at radius 1 is 1.38 bits per heavy atom. The van der Waals surface area contributed by atoms with Gasteiger partial charge in [0.1, 0.15) is 5.75 Å². The number of hydrogen-bond donors (Lipinski definition) is 2. The van der Waals surface area contributed by atoms with Crippen LogP contribution in [0.3, 0.4) is 0 Å². The van der Waals surface area contributed by atoms with Crippen LogP contribution in [-0.4, -0.2) is 29.5 Å². The summed E-state index contributed by atoms with van der Waals surface area (Å²) in [6.07, 6.45) is 5.36. The summed E-state index contributed by atoms with van der Waals surface area (Å²) >= 11 is 0. The van der Waals surface area contributed by atoms with E-state index in [9.17, 15) is 4.79 Å². The van der Waals surface area contributed by atoms with Gasteiger partial charge in [-0.05, 0) is 49.8 Å². The van der Waals surface area contributed by atoms with Crippen LogP contribution < -0.4 is 10.1 Å². The minimum atomic E-state index is 0.0491. The lowest BCUT2D eigenvalue weighted by atomic mass is 9.90. The smallest absolute Gasteiger partial charge is 0.223 e. The quantitative estimate of drug-likeness (QED) is 0.645. The zero-order chi connectivity index (χ0) is 14.7. The normalized spacial score (nSPS) is 19.1. The molecule has 112 valence electrons. The molecule has 0 bridgehead atoms. The fourth-order valence-corrected chi connectivity index (χ4v) is 2.61. The second-order valence-electron chi connectivity index (χ2n) is 5.66. The van der Waals surface area contributed by atoms with Gasteiger partial charge in [-0.3, -0.25) is 4.79 Å². The molecular weight excluding hydrogens is 268 g/mol. The molecule has 2 N–H and O–H groups in total. The van der Waals surface area contributed by atoms with Gasteiger partial charge in [-0.15, -0.1) is 0 Å². The first-order chi connectivity index (χ1) is 10.3. The Labute approximate surface area is 124 Å². The number of hydrogen-bond acceptors (Lipinski definition) is 4. The number of carbonyl (C=O) groups is 1. The molecule has 1 aromatic rings. The number of nitrogens with zero attached hydrogens (tertiary/aromatic N) is 1. The van der Waals surface area contributed by atoms with Crippen molar-refractivity contribution in [1.29, 1.82) is 0 Å². The Morgan fingerprint density at radius 2 is 2.24 bits per heavy atom. The van der Waals surface area contributed by atoms with Gasteiger partial charge >= 0.3 is 0 Å². The molecule has 0 spiro atoms. The van der Waals surface area contributed by atoms with E-state index in [4.69, 9.17) is 9.94 Å². The molecule has 21 heavy (non-hydrogen) atoms. The van der Waals surface area contributed by atoms with Gasteiger partial charge in [0.15, 0.2) is 0 Å². The van der Waals surface area contributed by atoms with Gasteiger partial charge in [-0.2, -0.15) is 0 Å². The summed E-state index contributed by atoms with van der Waals surface area (Å²) in [5.74, 6) is 0.768. The lowest BCUT2D eigenvalue weighted by molar-refractivity contribution is -0.121. The van der Waals surface area contributed by atoms with E-state index in [0.29, 0.717) is 24.8 Å². The minimum absolute atomic E-state index is 0.0491. The summed E-state index contributed by atoms with van der Waals surface area (Å²) in [7, 11) is 0. The summed E-state index contributed by atoms with van der Waals surface area (Å²) in [5.41, 5.74) is 2.87. The molecule has 0 radical (unpaired) electrons. The van der Waals surface area contributed by atoms with Crippen LogP contribution in [-0.2, 0) is 11.2 Å². The third-order valence-electron chi connectivity index (χ3n) is 3.91. The fraction of sp³-hybridized carbons (Fsp3) is 0.500. The van der Waals surface area contributed by atoms with E-state index in [-0.39, 0.29) is 5.91 Å². The lowest BCUT2D eigenvalue weighted by Gasteiger charge is -2.17. The summed E-state index contributed by atoms with van der Waals surface area (Å²) < 4.78 is 5.64. The summed E-state index contributed by atoms with van der Waals surface area (Å²) in [4.78, 5) is 11.6. The van der Waals surface area contributed by atoms with Crippen molar-refractivity contribution in [3.63, 3.8) is 0 Å². The van der Waals surface area contributed by atoms with Crippen LogP contribution in [0.4, 0.5) is 0 Å². The molecule has 1 aromatic carbocycles. The molecule has 5 nitrogen and oxygen atoms in total. The Hall–Kier alpha value is -2.04. The number of rotatable bonds is 5. The van der Waals surface area contributed by atoms with E-state index < -0.39 is 0 Å². The molecule has 0 heterocycles. The zero-order valence-corrected chi connectivity index (χ0v) is 12.0. The van der Waals surface area contributed by atoms with Gasteiger partial charge in [0.25, 0.3) is 0 Å². The molecule has 2 aliphatic carbocycles. The van der Waals surface area contributed by atoms with Crippen molar-refractivity contribution in [3.8, 4) is 5.75 Å². The lowest BCUT2D eigenvalue weighted by Crippen LogP contribution is -2.26. The fourth-order valence-electron chi connectivity index (χ4n) is 2.61. The van der Waals surface area contributed by atoms with Crippen molar-refractivity contribution >= 4 is 11.6 Å². The Morgan fingerprint density at radius 3 is 3.00 bits per heavy atom. The first-order valence-electron chi connectivity index (χ1n) is 7.52. The summed E-state index contributed by atoms with van der Waals surface area (Å²) in [6.45, 7) is 0.364. The third kappa shape index (κ3) is 3.54. The largest absolute Gasteiger partial charge is 0.493 e. The monoisotopic (exact) mass is 288 g/mol. The number of ether oxygens (including phenoxy) is 1. The third-order valence-corrected chi connectivity index (χ3v) is 3.91. The van der Waals surface area contributed by atoms with Gasteiger partial charge in [0.05, 0.1) is 18.7 Å². The predicted octanol–water partition coefficient (Wildman–Crippen LogP) is 2.25. The molecule has 0 aromatic heterocycles. The average Bonchev–Trinajstić information content (AvgIpc) is 3.30. The van der Waals surface area contributed by atoms with Crippen molar-refractivity contribution < 1.29 is 14.7 Å². The number of nitrogens with one attached hydrogen (secondary N) is 1. The van der Waals surface area contributed by atoms with Crippen LogP contribution in [0.15, 0.2) is 23.4 Å². The molecule has 1 saturated carbocycles. The van der Waals surface area contributed by atoms with Crippen LogP contribution in [0.5, 0.6) is 5.75 Å². The predicted molar refractivity (Wildman–Crippen MR) is 79.0 cm³/mol. The topological polar surface area (TPSA) is 70.9 Å².